The number of nitrogen functional groups attached to an aromatic ring is 1. The first-order valence-corrected chi connectivity index (χ1v) is 6.63. The molecule has 0 atom stereocenters. The van der Waals surface area contributed by atoms with Crippen LogP contribution >= 0.6 is 0 Å². The molecule has 2 rings (SSSR count). The highest BCUT2D eigenvalue weighted by Crippen LogP contribution is 2.32. The largest absolute Gasteiger partial charge is 0.432 e. The molecular formula is C13H18F3N3O2. The van der Waals surface area contributed by atoms with Gasteiger partial charge >= 0.3 is 6.61 Å². The Morgan fingerprint density at radius 1 is 1.24 bits per heavy atom. The Hall–Kier alpha value is -1.67. The van der Waals surface area contributed by atoms with Gasteiger partial charge in [-0.1, -0.05) is 0 Å². The summed E-state index contributed by atoms with van der Waals surface area (Å²) in [6.07, 6.45) is 0. The number of hydrogen-bond acceptors (Lipinski definition) is 5. The van der Waals surface area contributed by atoms with Crippen molar-refractivity contribution in [3.63, 3.8) is 0 Å². The highest BCUT2D eigenvalue weighted by Gasteiger charge is 2.21. The van der Waals surface area contributed by atoms with Gasteiger partial charge in [0, 0.05) is 44.9 Å². The fraction of sp³-hybridized carbons (Fsp3) is 0.538. The van der Waals surface area contributed by atoms with Crippen molar-refractivity contribution in [2.24, 2.45) is 0 Å². The topological polar surface area (TPSA) is 62.0 Å². The molecule has 5 nitrogen and oxygen atoms in total. The first-order chi connectivity index (χ1) is 10.0. The average Bonchev–Trinajstić information content (AvgIpc) is 2.43. The van der Waals surface area contributed by atoms with Gasteiger partial charge in [0.05, 0.1) is 18.0 Å². The summed E-state index contributed by atoms with van der Waals surface area (Å²) in [6.45, 7) is 0.244. The van der Waals surface area contributed by atoms with E-state index in [1.807, 2.05) is 4.90 Å². The van der Waals surface area contributed by atoms with Gasteiger partial charge in [0.15, 0.2) is 11.6 Å². The molecule has 1 aliphatic heterocycles. The van der Waals surface area contributed by atoms with Crippen molar-refractivity contribution in [1.82, 2.24) is 4.90 Å². The molecule has 0 bridgehead atoms. The lowest BCUT2D eigenvalue weighted by Crippen LogP contribution is -2.47. The molecule has 1 heterocycles. The molecule has 1 saturated heterocycles. The zero-order valence-electron chi connectivity index (χ0n) is 11.4. The number of piperazine rings is 1. The average molecular weight is 305 g/mol. The van der Waals surface area contributed by atoms with E-state index in [2.05, 4.69) is 9.64 Å². The number of ether oxygens (including phenoxy) is 1. The van der Waals surface area contributed by atoms with Crippen molar-refractivity contribution in [2.45, 2.75) is 6.61 Å². The van der Waals surface area contributed by atoms with Crippen LogP contribution < -0.4 is 15.4 Å². The summed E-state index contributed by atoms with van der Waals surface area (Å²) in [6, 6.07) is 2.20. The summed E-state index contributed by atoms with van der Waals surface area (Å²) in [5.74, 6) is -1.41. The van der Waals surface area contributed by atoms with Gasteiger partial charge in [0.2, 0.25) is 0 Å². The molecule has 118 valence electrons. The van der Waals surface area contributed by atoms with Gasteiger partial charge in [-0.2, -0.15) is 8.78 Å². The maximum absolute atomic E-state index is 13.5. The summed E-state index contributed by atoms with van der Waals surface area (Å²) in [5.41, 5.74) is 6.43. The number of aliphatic hydroxyl groups excluding tert-OH is 1. The zero-order chi connectivity index (χ0) is 15.4. The van der Waals surface area contributed by atoms with E-state index in [0.717, 1.165) is 6.07 Å². The number of alkyl halides is 2. The lowest BCUT2D eigenvalue weighted by atomic mass is 10.2. The van der Waals surface area contributed by atoms with Crippen LogP contribution in [0.2, 0.25) is 0 Å². The van der Waals surface area contributed by atoms with E-state index >= 15 is 0 Å². The minimum atomic E-state index is -3.09. The van der Waals surface area contributed by atoms with Gasteiger partial charge in [-0.05, 0) is 0 Å². The lowest BCUT2D eigenvalue weighted by molar-refractivity contribution is -0.0521. The molecule has 0 aliphatic carbocycles. The molecule has 21 heavy (non-hydrogen) atoms. The van der Waals surface area contributed by atoms with Crippen LogP contribution in [0.3, 0.4) is 0 Å². The molecule has 0 spiro atoms. The lowest BCUT2D eigenvalue weighted by Gasteiger charge is -2.36. The van der Waals surface area contributed by atoms with E-state index in [0.29, 0.717) is 38.4 Å². The van der Waals surface area contributed by atoms with Crippen LogP contribution in [-0.2, 0) is 0 Å². The number of nitrogens with zero attached hydrogens (tertiary/aromatic N) is 2. The highest BCUT2D eigenvalue weighted by molar-refractivity contribution is 5.70. The van der Waals surface area contributed by atoms with E-state index in [1.165, 1.54) is 6.07 Å². The van der Waals surface area contributed by atoms with Crippen molar-refractivity contribution >= 4 is 11.4 Å². The Bertz CT molecular complexity index is 480. The Labute approximate surface area is 120 Å². The third-order valence-electron chi connectivity index (χ3n) is 3.43. The second-order valence-corrected chi connectivity index (χ2v) is 4.77. The Balaban J connectivity index is 2.12. The van der Waals surface area contributed by atoms with Gasteiger partial charge in [0.1, 0.15) is 0 Å². The number of benzene rings is 1. The minimum absolute atomic E-state index is 0.0884. The summed E-state index contributed by atoms with van der Waals surface area (Å²) < 4.78 is 42.2. The molecule has 0 radical (unpaired) electrons. The van der Waals surface area contributed by atoms with E-state index in [-0.39, 0.29) is 12.3 Å². The molecule has 1 aliphatic rings. The third kappa shape index (κ3) is 3.92. The molecule has 0 amide bonds. The number of anilines is 2. The van der Waals surface area contributed by atoms with Crippen LogP contribution in [0.15, 0.2) is 12.1 Å². The molecule has 0 aromatic heterocycles. The first-order valence-electron chi connectivity index (χ1n) is 6.63. The van der Waals surface area contributed by atoms with Crippen molar-refractivity contribution in [2.75, 3.05) is 50.0 Å². The van der Waals surface area contributed by atoms with Gasteiger partial charge < -0.3 is 20.5 Å². The maximum atomic E-state index is 13.5. The summed E-state index contributed by atoms with van der Waals surface area (Å²) in [5, 5.41) is 8.89. The van der Waals surface area contributed by atoms with E-state index in [9.17, 15) is 13.2 Å². The number of rotatable bonds is 5. The number of hydrogen-bond donors (Lipinski definition) is 2. The van der Waals surface area contributed by atoms with Gasteiger partial charge in [-0.25, -0.2) is 4.39 Å². The summed E-state index contributed by atoms with van der Waals surface area (Å²) >= 11 is 0. The minimum Gasteiger partial charge on any atom is -0.432 e. The zero-order valence-corrected chi connectivity index (χ0v) is 11.4. The normalized spacial score (nSPS) is 16.5. The Kier molecular flexibility index (Phi) is 5.13. The molecular weight excluding hydrogens is 287 g/mol. The molecule has 0 saturated carbocycles. The maximum Gasteiger partial charge on any atom is 0.387 e. The molecule has 1 aromatic carbocycles. The second-order valence-electron chi connectivity index (χ2n) is 4.77. The quantitative estimate of drug-likeness (QED) is 0.798. The molecule has 3 N–H and O–H groups in total. The van der Waals surface area contributed by atoms with E-state index in [1.54, 1.807) is 0 Å². The van der Waals surface area contributed by atoms with Gasteiger partial charge in [-0.3, -0.25) is 4.90 Å². The summed E-state index contributed by atoms with van der Waals surface area (Å²) in [7, 11) is 0. The van der Waals surface area contributed by atoms with Crippen LogP contribution in [-0.4, -0.2) is 55.9 Å². The number of nitrogens with two attached hydrogens (primary N) is 1. The predicted molar refractivity (Wildman–Crippen MR) is 73.2 cm³/mol. The molecule has 1 fully saturated rings. The molecule has 8 heteroatoms. The van der Waals surface area contributed by atoms with Gasteiger partial charge in [0.25, 0.3) is 0 Å². The smallest absolute Gasteiger partial charge is 0.387 e. The fourth-order valence-electron chi connectivity index (χ4n) is 2.37. The van der Waals surface area contributed by atoms with Crippen LogP contribution in [0.5, 0.6) is 5.75 Å². The van der Waals surface area contributed by atoms with Crippen LogP contribution in [0.1, 0.15) is 0 Å². The summed E-state index contributed by atoms with van der Waals surface area (Å²) in [4.78, 5) is 3.97. The van der Waals surface area contributed by atoms with Crippen molar-refractivity contribution in [3.05, 3.63) is 17.9 Å². The van der Waals surface area contributed by atoms with Gasteiger partial charge in [-0.15, -0.1) is 0 Å². The third-order valence-corrected chi connectivity index (χ3v) is 3.43. The van der Waals surface area contributed by atoms with Crippen LogP contribution in [0, 0.1) is 5.82 Å². The molecule has 0 unspecified atom stereocenters. The van der Waals surface area contributed by atoms with Crippen molar-refractivity contribution in [1.29, 1.82) is 0 Å². The Morgan fingerprint density at radius 2 is 1.90 bits per heavy atom. The number of halogens is 3. The fourth-order valence-corrected chi connectivity index (χ4v) is 2.37. The predicted octanol–water partition coefficient (Wildman–Crippen LogP) is 1.12. The number of β-amino-alcohol motifs (C(OH)–C–C–N with tert-alkyl or cyclic N) is 1. The van der Waals surface area contributed by atoms with E-state index < -0.39 is 18.2 Å². The van der Waals surface area contributed by atoms with E-state index in [4.69, 9.17) is 10.8 Å². The number of aliphatic hydroxyl groups is 1. The molecule has 1 aromatic rings. The van der Waals surface area contributed by atoms with Crippen LogP contribution in [0.4, 0.5) is 24.5 Å². The van der Waals surface area contributed by atoms with Crippen molar-refractivity contribution in [3.8, 4) is 5.75 Å². The second kappa shape index (κ2) is 6.86. The SMILES string of the molecule is Nc1cc(F)c(OC(F)F)cc1N1CCN(CCO)CC1. The standard InChI is InChI=1S/C13H18F3N3O2/c14-9-7-10(17)11(8-12(9)21-13(15)16)19-3-1-18(2-4-19)5-6-20/h7-8,13,20H,1-6,17H2. The Morgan fingerprint density at radius 3 is 2.48 bits per heavy atom. The monoisotopic (exact) mass is 305 g/mol. The first kappa shape index (κ1) is 15.7. The van der Waals surface area contributed by atoms with Crippen LogP contribution in [0.25, 0.3) is 0 Å². The highest BCUT2D eigenvalue weighted by atomic mass is 19.3. The van der Waals surface area contributed by atoms with Crippen molar-refractivity contribution < 1.29 is 23.0 Å².